The number of hydrogen-bond acceptors (Lipinski definition) is 3. The van der Waals surface area contributed by atoms with Crippen LogP contribution in [-0.2, 0) is 16.0 Å². The monoisotopic (exact) mass is 274 g/mol. The molecule has 1 atom stereocenters. The third-order valence-electron chi connectivity index (χ3n) is 3.90. The highest BCUT2D eigenvalue weighted by Gasteiger charge is 2.36. The van der Waals surface area contributed by atoms with Gasteiger partial charge in [-0.05, 0) is 43.9 Å². The lowest BCUT2D eigenvalue weighted by Crippen LogP contribution is -2.30. The third kappa shape index (κ3) is 3.38. The van der Waals surface area contributed by atoms with Crippen LogP contribution in [0.25, 0.3) is 0 Å². The van der Waals surface area contributed by atoms with Crippen molar-refractivity contribution in [1.82, 2.24) is 4.90 Å². The van der Waals surface area contributed by atoms with Gasteiger partial charge in [0.2, 0.25) is 11.8 Å². The number of unbranched alkanes of at least 4 members (excludes halogenated alkanes) is 1. The number of rotatable bonds is 6. The van der Waals surface area contributed by atoms with Crippen LogP contribution >= 0.6 is 0 Å². The summed E-state index contributed by atoms with van der Waals surface area (Å²) in [4.78, 5) is 24.9. The second-order valence-corrected chi connectivity index (χ2v) is 5.36. The molecule has 1 saturated heterocycles. The molecular weight excluding hydrogens is 252 g/mol. The zero-order valence-corrected chi connectivity index (χ0v) is 12.0. The van der Waals surface area contributed by atoms with Gasteiger partial charge < -0.3 is 5.73 Å². The van der Waals surface area contributed by atoms with Gasteiger partial charge in [-0.15, -0.1) is 0 Å². The van der Waals surface area contributed by atoms with Crippen molar-refractivity contribution in [2.75, 3.05) is 12.3 Å². The lowest BCUT2D eigenvalue weighted by atomic mass is 9.98. The van der Waals surface area contributed by atoms with Gasteiger partial charge in [0.05, 0.1) is 0 Å². The predicted molar refractivity (Wildman–Crippen MR) is 78.9 cm³/mol. The predicted octanol–water partition coefficient (Wildman–Crippen LogP) is 2.38. The molecule has 1 aliphatic heterocycles. The van der Waals surface area contributed by atoms with E-state index in [4.69, 9.17) is 5.73 Å². The van der Waals surface area contributed by atoms with Crippen LogP contribution in [0.15, 0.2) is 24.3 Å². The number of anilines is 1. The molecular formula is C16H22N2O2. The fraction of sp³-hybridized carbons (Fsp3) is 0.500. The molecule has 2 rings (SSSR count). The minimum absolute atomic E-state index is 0.0129. The molecule has 0 radical (unpaired) electrons. The zero-order chi connectivity index (χ0) is 14.5. The summed E-state index contributed by atoms with van der Waals surface area (Å²) in [6.45, 7) is 2.35. The molecule has 4 heteroatoms. The van der Waals surface area contributed by atoms with Crippen molar-refractivity contribution in [1.29, 1.82) is 0 Å². The lowest BCUT2D eigenvalue weighted by Gasteiger charge is -2.11. The van der Waals surface area contributed by atoms with Gasteiger partial charge in [0, 0.05) is 24.6 Å². The van der Waals surface area contributed by atoms with Gasteiger partial charge >= 0.3 is 0 Å². The second-order valence-electron chi connectivity index (χ2n) is 5.36. The van der Waals surface area contributed by atoms with Crippen molar-refractivity contribution in [2.45, 2.75) is 39.0 Å². The maximum absolute atomic E-state index is 11.9. The summed E-state index contributed by atoms with van der Waals surface area (Å²) in [5, 5.41) is 0. The summed E-state index contributed by atoms with van der Waals surface area (Å²) in [6, 6.07) is 7.90. The molecule has 1 aromatic carbocycles. The number of hydrogen-bond donors (Lipinski definition) is 1. The number of nitrogens with zero attached hydrogens (tertiary/aromatic N) is 1. The van der Waals surface area contributed by atoms with Crippen LogP contribution in [0.2, 0.25) is 0 Å². The van der Waals surface area contributed by atoms with Crippen LogP contribution in [0.5, 0.6) is 0 Å². The smallest absolute Gasteiger partial charge is 0.232 e. The summed E-state index contributed by atoms with van der Waals surface area (Å²) in [7, 11) is 0. The van der Waals surface area contributed by atoms with Gasteiger partial charge in [0.25, 0.3) is 0 Å². The molecule has 20 heavy (non-hydrogen) atoms. The standard InChI is InChI=1S/C16H22N2O2/c1-2-18-15(19)11-13(16(18)20)6-4-3-5-12-7-9-14(17)10-8-12/h7-10,13H,2-6,11,17H2,1H3. The topological polar surface area (TPSA) is 63.4 Å². The minimum Gasteiger partial charge on any atom is -0.399 e. The quantitative estimate of drug-likeness (QED) is 0.492. The van der Waals surface area contributed by atoms with Crippen LogP contribution in [0.3, 0.4) is 0 Å². The van der Waals surface area contributed by atoms with E-state index in [1.54, 1.807) is 0 Å². The van der Waals surface area contributed by atoms with E-state index in [1.807, 2.05) is 31.2 Å². The molecule has 1 aliphatic rings. The third-order valence-corrected chi connectivity index (χ3v) is 3.90. The molecule has 1 heterocycles. The van der Waals surface area contributed by atoms with Gasteiger partial charge in [0.1, 0.15) is 0 Å². The Kier molecular flexibility index (Phi) is 4.77. The van der Waals surface area contributed by atoms with E-state index in [0.717, 1.165) is 31.4 Å². The highest BCUT2D eigenvalue weighted by atomic mass is 16.2. The highest BCUT2D eigenvalue weighted by Crippen LogP contribution is 2.24. The molecule has 0 spiro atoms. The summed E-state index contributed by atoms with van der Waals surface area (Å²) in [6.07, 6.45) is 4.22. The second kappa shape index (κ2) is 6.55. The van der Waals surface area contributed by atoms with Gasteiger partial charge in [0.15, 0.2) is 0 Å². The summed E-state index contributed by atoms with van der Waals surface area (Å²) >= 11 is 0. The molecule has 2 amide bonds. The van der Waals surface area contributed by atoms with E-state index >= 15 is 0 Å². The van der Waals surface area contributed by atoms with Crippen LogP contribution < -0.4 is 5.73 Å². The number of benzene rings is 1. The Balaban J connectivity index is 1.73. The average molecular weight is 274 g/mol. The van der Waals surface area contributed by atoms with E-state index in [1.165, 1.54) is 10.5 Å². The highest BCUT2D eigenvalue weighted by molar-refractivity contribution is 6.03. The number of nitrogen functional groups attached to an aromatic ring is 1. The molecule has 1 aromatic rings. The fourth-order valence-corrected chi connectivity index (χ4v) is 2.71. The van der Waals surface area contributed by atoms with Gasteiger partial charge in [-0.1, -0.05) is 18.6 Å². The zero-order valence-electron chi connectivity index (χ0n) is 12.0. The molecule has 0 bridgehead atoms. The minimum atomic E-state index is -0.0890. The van der Waals surface area contributed by atoms with Crippen LogP contribution in [-0.4, -0.2) is 23.3 Å². The molecule has 108 valence electrons. The van der Waals surface area contributed by atoms with Crippen molar-refractivity contribution < 1.29 is 9.59 Å². The first kappa shape index (κ1) is 14.6. The number of nitrogens with two attached hydrogens (primary N) is 1. The number of amides is 2. The van der Waals surface area contributed by atoms with Crippen LogP contribution in [0.4, 0.5) is 5.69 Å². The summed E-state index contributed by atoms with van der Waals surface area (Å²) < 4.78 is 0. The molecule has 1 unspecified atom stereocenters. The summed E-state index contributed by atoms with van der Waals surface area (Å²) in [5.41, 5.74) is 7.69. The molecule has 1 fully saturated rings. The molecule has 0 aliphatic carbocycles. The van der Waals surface area contributed by atoms with Gasteiger partial charge in [-0.2, -0.15) is 0 Å². The first-order valence-corrected chi connectivity index (χ1v) is 7.30. The van der Waals surface area contributed by atoms with E-state index in [9.17, 15) is 9.59 Å². The number of likely N-dealkylation sites (tertiary alicyclic amines) is 1. The Bertz CT molecular complexity index is 482. The summed E-state index contributed by atoms with van der Waals surface area (Å²) in [5.74, 6) is -0.0834. The van der Waals surface area contributed by atoms with Crippen molar-refractivity contribution in [3.63, 3.8) is 0 Å². The van der Waals surface area contributed by atoms with Gasteiger partial charge in [-0.3, -0.25) is 14.5 Å². The normalized spacial score (nSPS) is 18.9. The number of carbonyl (C=O) groups is 2. The maximum Gasteiger partial charge on any atom is 0.232 e. The largest absolute Gasteiger partial charge is 0.399 e. The molecule has 0 saturated carbocycles. The van der Waals surface area contributed by atoms with E-state index in [2.05, 4.69) is 0 Å². The molecule has 2 N–H and O–H groups in total. The van der Waals surface area contributed by atoms with Crippen molar-refractivity contribution >= 4 is 17.5 Å². The first-order valence-electron chi connectivity index (χ1n) is 7.30. The SMILES string of the molecule is CCN1C(=O)CC(CCCCc2ccc(N)cc2)C1=O. The van der Waals surface area contributed by atoms with E-state index in [0.29, 0.717) is 13.0 Å². The Morgan fingerprint density at radius 2 is 1.90 bits per heavy atom. The van der Waals surface area contributed by atoms with Crippen molar-refractivity contribution in [3.8, 4) is 0 Å². The first-order chi connectivity index (χ1) is 9.61. The number of aryl methyl sites for hydroxylation is 1. The van der Waals surface area contributed by atoms with Crippen LogP contribution in [0, 0.1) is 5.92 Å². The molecule has 0 aromatic heterocycles. The lowest BCUT2D eigenvalue weighted by molar-refractivity contribution is -0.139. The number of carbonyl (C=O) groups excluding carboxylic acids is 2. The Labute approximate surface area is 119 Å². The Morgan fingerprint density at radius 3 is 2.50 bits per heavy atom. The van der Waals surface area contributed by atoms with Crippen molar-refractivity contribution in [2.24, 2.45) is 5.92 Å². The average Bonchev–Trinajstić information content (AvgIpc) is 2.71. The molecule has 4 nitrogen and oxygen atoms in total. The van der Waals surface area contributed by atoms with Crippen LogP contribution in [0.1, 0.15) is 38.2 Å². The van der Waals surface area contributed by atoms with E-state index < -0.39 is 0 Å². The Morgan fingerprint density at radius 1 is 1.20 bits per heavy atom. The van der Waals surface area contributed by atoms with Gasteiger partial charge in [-0.25, -0.2) is 0 Å². The maximum atomic E-state index is 11.9. The Hall–Kier alpha value is -1.84. The van der Waals surface area contributed by atoms with Crippen molar-refractivity contribution in [3.05, 3.63) is 29.8 Å². The fourth-order valence-electron chi connectivity index (χ4n) is 2.71. The number of imide groups is 1. The van der Waals surface area contributed by atoms with E-state index in [-0.39, 0.29) is 17.7 Å².